The molecule has 0 bridgehead atoms. The van der Waals surface area contributed by atoms with E-state index in [2.05, 4.69) is 15.3 Å². The number of amides is 2. The van der Waals surface area contributed by atoms with Gasteiger partial charge in [0.2, 0.25) is 0 Å². The van der Waals surface area contributed by atoms with Crippen molar-refractivity contribution in [3.8, 4) is 5.69 Å². The lowest BCUT2D eigenvalue weighted by atomic mass is 9.89. The van der Waals surface area contributed by atoms with Crippen molar-refractivity contribution >= 4 is 11.8 Å². The first kappa shape index (κ1) is 24.4. The lowest BCUT2D eigenvalue weighted by Crippen LogP contribution is -2.38. The zero-order chi connectivity index (χ0) is 25.6. The van der Waals surface area contributed by atoms with Crippen molar-refractivity contribution in [3.63, 3.8) is 0 Å². The molecule has 2 amide bonds. The van der Waals surface area contributed by atoms with Gasteiger partial charge in [-0.3, -0.25) is 14.6 Å². The van der Waals surface area contributed by atoms with Gasteiger partial charge in [0.25, 0.3) is 11.8 Å². The highest BCUT2D eigenvalue weighted by Crippen LogP contribution is 2.30. The standard InChI is InChI=1S/C28H31N7O2/c1-21-3-8-25(27(36)31-11-2-14-33-17-12-29-19-33)26(32-21)22-9-15-34(16-10-22)28(37)23-4-6-24(7-5-23)35-18-13-30-20-35/h3-8,12-13,17-20,22H,2,9-11,14-16H2,1H3,(H,31,36). The van der Waals surface area contributed by atoms with Crippen molar-refractivity contribution in [1.82, 2.24) is 34.3 Å². The van der Waals surface area contributed by atoms with Crippen LogP contribution in [0.5, 0.6) is 0 Å². The van der Waals surface area contributed by atoms with Crippen LogP contribution in [0.2, 0.25) is 0 Å². The van der Waals surface area contributed by atoms with Crippen LogP contribution in [0.15, 0.2) is 73.8 Å². The minimum Gasteiger partial charge on any atom is -0.352 e. The molecule has 4 aromatic rings. The van der Waals surface area contributed by atoms with Crippen molar-refractivity contribution in [2.24, 2.45) is 0 Å². The second-order valence-corrected chi connectivity index (χ2v) is 9.38. The van der Waals surface area contributed by atoms with Gasteiger partial charge in [0.05, 0.1) is 23.9 Å². The number of carbonyl (C=O) groups excluding carboxylic acids is 2. The third kappa shape index (κ3) is 5.77. The number of nitrogens with one attached hydrogen (secondary N) is 1. The highest BCUT2D eigenvalue weighted by molar-refractivity contribution is 5.96. The largest absolute Gasteiger partial charge is 0.352 e. The van der Waals surface area contributed by atoms with Gasteiger partial charge in [0.15, 0.2) is 0 Å². The summed E-state index contributed by atoms with van der Waals surface area (Å²) in [5.74, 6) is 0.0765. The molecule has 1 N–H and O–H groups in total. The molecule has 0 spiro atoms. The minimum atomic E-state index is -0.0929. The summed E-state index contributed by atoms with van der Waals surface area (Å²) in [6.07, 6.45) is 13.1. The third-order valence-corrected chi connectivity index (χ3v) is 6.83. The normalized spacial score (nSPS) is 14.0. The van der Waals surface area contributed by atoms with E-state index in [4.69, 9.17) is 4.98 Å². The van der Waals surface area contributed by atoms with Crippen LogP contribution in [0.25, 0.3) is 5.69 Å². The van der Waals surface area contributed by atoms with Crippen molar-refractivity contribution in [3.05, 3.63) is 96.4 Å². The first-order valence-corrected chi connectivity index (χ1v) is 12.7. The molecule has 4 heterocycles. The first-order chi connectivity index (χ1) is 18.1. The highest BCUT2D eigenvalue weighted by Gasteiger charge is 2.28. The molecular weight excluding hydrogens is 466 g/mol. The average Bonchev–Trinajstić information content (AvgIpc) is 3.66. The average molecular weight is 498 g/mol. The maximum absolute atomic E-state index is 13.1. The predicted octanol–water partition coefficient (Wildman–Crippen LogP) is 3.61. The number of imidazole rings is 2. The molecule has 1 fully saturated rings. The van der Waals surface area contributed by atoms with Gasteiger partial charge in [-0.2, -0.15) is 0 Å². The maximum atomic E-state index is 13.1. The summed E-state index contributed by atoms with van der Waals surface area (Å²) in [5, 5.41) is 3.04. The smallest absolute Gasteiger partial charge is 0.253 e. The number of piperidine rings is 1. The van der Waals surface area contributed by atoms with E-state index in [1.54, 1.807) is 25.0 Å². The van der Waals surface area contributed by atoms with Crippen LogP contribution >= 0.6 is 0 Å². The summed E-state index contributed by atoms with van der Waals surface area (Å²) in [5.41, 5.74) is 4.00. The van der Waals surface area contributed by atoms with Crippen molar-refractivity contribution in [2.45, 2.75) is 38.6 Å². The summed E-state index contributed by atoms with van der Waals surface area (Å²) in [4.78, 5) is 40.9. The Labute approximate surface area is 216 Å². The summed E-state index contributed by atoms with van der Waals surface area (Å²) in [6.45, 7) is 4.60. The lowest BCUT2D eigenvalue weighted by Gasteiger charge is -2.32. The van der Waals surface area contributed by atoms with Gasteiger partial charge in [-0.15, -0.1) is 0 Å². The second kappa shape index (κ2) is 11.2. The molecule has 37 heavy (non-hydrogen) atoms. The molecule has 1 aliphatic heterocycles. The maximum Gasteiger partial charge on any atom is 0.253 e. The summed E-state index contributed by atoms with van der Waals surface area (Å²) >= 11 is 0. The summed E-state index contributed by atoms with van der Waals surface area (Å²) in [7, 11) is 0. The molecule has 1 saturated heterocycles. The van der Waals surface area contributed by atoms with Crippen LogP contribution in [0.3, 0.4) is 0 Å². The van der Waals surface area contributed by atoms with Crippen LogP contribution in [0.4, 0.5) is 0 Å². The van der Waals surface area contributed by atoms with Crippen LogP contribution in [0.1, 0.15) is 57.3 Å². The van der Waals surface area contributed by atoms with E-state index >= 15 is 0 Å². The van der Waals surface area contributed by atoms with Gasteiger partial charge in [0, 0.05) is 73.8 Å². The minimum absolute atomic E-state index is 0.0312. The van der Waals surface area contributed by atoms with Crippen LogP contribution < -0.4 is 5.32 Å². The Bertz CT molecular complexity index is 1320. The number of likely N-dealkylation sites (tertiary alicyclic amines) is 1. The van der Waals surface area contributed by atoms with E-state index in [9.17, 15) is 9.59 Å². The molecule has 0 saturated carbocycles. The van der Waals surface area contributed by atoms with Gasteiger partial charge in [-0.05, 0) is 62.6 Å². The van der Waals surface area contributed by atoms with E-state index in [1.165, 1.54) is 0 Å². The zero-order valence-electron chi connectivity index (χ0n) is 21.0. The van der Waals surface area contributed by atoms with Gasteiger partial charge in [-0.25, -0.2) is 9.97 Å². The van der Waals surface area contributed by atoms with Crippen LogP contribution in [-0.4, -0.2) is 60.4 Å². The van der Waals surface area contributed by atoms with Crippen molar-refractivity contribution in [1.29, 1.82) is 0 Å². The monoisotopic (exact) mass is 497 g/mol. The van der Waals surface area contributed by atoms with E-state index < -0.39 is 0 Å². The van der Waals surface area contributed by atoms with Crippen molar-refractivity contribution in [2.75, 3.05) is 19.6 Å². The molecular formula is C28H31N7O2. The Kier molecular flexibility index (Phi) is 7.39. The summed E-state index contributed by atoms with van der Waals surface area (Å²) < 4.78 is 3.90. The molecule has 0 aliphatic carbocycles. The van der Waals surface area contributed by atoms with Gasteiger partial charge in [-0.1, -0.05) is 0 Å². The van der Waals surface area contributed by atoms with Crippen molar-refractivity contribution < 1.29 is 9.59 Å². The fourth-order valence-corrected chi connectivity index (χ4v) is 4.78. The number of hydrogen-bond donors (Lipinski definition) is 1. The number of carbonyl (C=O) groups is 2. The quantitative estimate of drug-likeness (QED) is 0.375. The topological polar surface area (TPSA) is 97.9 Å². The molecule has 0 radical (unpaired) electrons. The molecule has 9 heteroatoms. The Hall–Kier alpha value is -4.27. The fraction of sp³-hybridized carbons (Fsp3) is 0.321. The van der Waals surface area contributed by atoms with Crippen LogP contribution in [0, 0.1) is 6.92 Å². The number of nitrogens with zero attached hydrogens (tertiary/aromatic N) is 6. The molecule has 1 aromatic carbocycles. The first-order valence-electron chi connectivity index (χ1n) is 12.7. The Morgan fingerprint density at radius 3 is 2.43 bits per heavy atom. The fourth-order valence-electron chi connectivity index (χ4n) is 4.78. The highest BCUT2D eigenvalue weighted by atomic mass is 16.2. The zero-order valence-corrected chi connectivity index (χ0v) is 21.0. The SMILES string of the molecule is Cc1ccc(C(=O)NCCCn2ccnc2)c(C2CCN(C(=O)c3ccc(-n4ccnc4)cc3)CC2)n1. The Morgan fingerprint density at radius 2 is 1.73 bits per heavy atom. The number of rotatable bonds is 8. The second-order valence-electron chi connectivity index (χ2n) is 9.38. The Morgan fingerprint density at radius 1 is 0.973 bits per heavy atom. The lowest BCUT2D eigenvalue weighted by molar-refractivity contribution is 0.0710. The number of hydrogen-bond acceptors (Lipinski definition) is 5. The van der Waals surface area contributed by atoms with Gasteiger partial charge in [0.1, 0.15) is 0 Å². The number of aromatic nitrogens is 5. The van der Waals surface area contributed by atoms with E-state index in [0.717, 1.165) is 42.9 Å². The number of aryl methyl sites for hydroxylation is 2. The molecule has 0 atom stereocenters. The van der Waals surface area contributed by atoms with Gasteiger partial charge < -0.3 is 19.4 Å². The third-order valence-electron chi connectivity index (χ3n) is 6.83. The predicted molar refractivity (Wildman–Crippen MR) is 140 cm³/mol. The number of pyridine rings is 1. The van der Waals surface area contributed by atoms with Crippen LogP contribution in [-0.2, 0) is 6.54 Å². The molecule has 1 aliphatic rings. The van der Waals surface area contributed by atoms with E-state index in [1.807, 2.05) is 69.7 Å². The molecule has 3 aromatic heterocycles. The molecule has 0 unspecified atom stereocenters. The molecule has 5 rings (SSSR count). The summed E-state index contributed by atoms with van der Waals surface area (Å²) in [6, 6.07) is 11.3. The Balaban J connectivity index is 1.18. The number of benzene rings is 1. The van der Waals surface area contributed by atoms with Gasteiger partial charge >= 0.3 is 0 Å². The molecule has 9 nitrogen and oxygen atoms in total. The van der Waals surface area contributed by atoms with E-state index in [-0.39, 0.29) is 17.7 Å². The van der Waals surface area contributed by atoms with E-state index in [0.29, 0.717) is 30.8 Å². The molecule has 190 valence electrons.